The van der Waals surface area contributed by atoms with E-state index in [0.717, 1.165) is 11.0 Å². The molecule has 5 nitrogen and oxygen atoms in total. The van der Waals surface area contributed by atoms with Crippen molar-refractivity contribution < 1.29 is 14.6 Å². The molecule has 1 amide bonds. The molecule has 0 saturated carbocycles. The van der Waals surface area contributed by atoms with Crippen molar-refractivity contribution in [2.24, 2.45) is 5.92 Å². The Bertz CT molecular complexity index is 514. The van der Waals surface area contributed by atoms with E-state index in [9.17, 15) is 9.90 Å². The fourth-order valence-electron chi connectivity index (χ4n) is 2.28. The number of carbonyl (C=O) groups is 1. The van der Waals surface area contributed by atoms with Crippen LogP contribution in [-0.2, 0) is 0 Å². The Morgan fingerprint density at radius 1 is 1.50 bits per heavy atom. The number of nitrogens with one attached hydrogen (secondary N) is 2. The Balaban J connectivity index is 0.00000242. The highest BCUT2D eigenvalue weighted by Crippen LogP contribution is 2.25. The van der Waals surface area contributed by atoms with E-state index in [1.165, 1.54) is 0 Å². The fourth-order valence-corrected chi connectivity index (χ4v) is 2.62. The third-order valence-corrected chi connectivity index (χ3v) is 3.87. The van der Waals surface area contributed by atoms with Crippen LogP contribution in [0.25, 0.3) is 0 Å². The average molecular weight is 394 g/mol. The second-order valence-corrected chi connectivity index (χ2v) is 6.42. The number of rotatable bonds is 5. The molecule has 2 unspecified atom stereocenters. The van der Waals surface area contributed by atoms with Crippen molar-refractivity contribution in [2.45, 2.75) is 26.1 Å². The van der Waals surface area contributed by atoms with Crippen LogP contribution in [0.1, 0.15) is 24.2 Å². The molecule has 1 fully saturated rings. The molecule has 1 aliphatic heterocycles. The summed E-state index contributed by atoms with van der Waals surface area (Å²) in [6, 6.07) is 5.34. The number of benzene rings is 1. The summed E-state index contributed by atoms with van der Waals surface area (Å²) < 4.78 is 6.55. The molecule has 0 radical (unpaired) electrons. The number of β-amino-alcohol motifs (C(OH)–C–C–N with tert-alkyl or cyclic N) is 1. The molecule has 1 saturated heterocycles. The molecule has 1 aromatic rings. The maximum absolute atomic E-state index is 12.3. The highest BCUT2D eigenvalue weighted by atomic mass is 79.9. The molecule has 1 aliphatic rings. The second-order valence-electron chi connectivity index (χ2n) is 5.50. The first-order valence-electron chi connectivity index (χ1n) is 7.10. The Labute approximate surface area is 145 Å². The van der Waals surface area contributed by atoms with Crippen molar-refractivity contribution in [3.8, 4) is 5.75 Å². The minimum atomic E-state index is -0.401. The van der Waals surface area contributed by atoms with Gasteiger partial charge in [-0.2, -0.15) is 0 Å². The van der Waals surface area contributed by atoms with E-state index < -0.39 is 6.10 Å². The van der Waals surface area contributed by atoms with Gasteiger partial charge in [0.05, 0.1) is 17.8 Å². The first-order valence-corrected chi connectivity index (χ1v) is 7.90. The van der Waals surface area contributed by atoms with Gasteiger partial charge in [0.1, 0.15) is 5.75 Å². The molecule has 124 valence electrons. The minimum absolute atomic E-state index is 0. The Kier molecular flexibility index (Phi) is 7.62. The number of ether oxygens (including phenoxy) is 1. The second kappa shape index (κ2) is 8.72. The maximum atomic E-state index is 12.3. The summed E-state index contributed by atoms with van der Waals surface area (Å²) in [5, 5.41) is 15.7. The number of halogens is 2. The lowest BCUT2D eigenvalue weighted by molar-refractivity contribution is 0.0921. The molecule has 7 heteroatoms. The highest BCUT2D eigenvalue weighted by Gasteiger charge is 2.25. The molecule has 0 aliphatic carbocycles. The van der Waals surface area contributed by atoms with Gasteiger partial charge in [-0.3, -0.25) is 4.79 Å². The number of carbonyl (C=O) groups excluding carboxylic acids is 1. The first kappa shape index (κ1) is 19.2. The van der Waals surface area contributed by atoms with Crippen LogP contribution in [0.5, 0.6) is 5.75 Å². The van der Waals surface area contributed by atoms with Crippen molar-refractivity contribution in [3.63, 3.8) is 0 Å². The molecule has 1 aromatic carbocycles. The lowest BCUT2D eigenvalue weighted by Gasteiger charge is -2.17. The Morgan fingerprint density at radius 2 is 2.23 bits per heavy atom. The van der Waals surface area contributed by atoms with Crippen molar-refractivity contribution in [1.29, 1.82) is 0 Å². The molecule has 0 spiro atoms. The molecule has 2 rings (SSSR count). The van der Waals surface area contributed by atoms with Crippen molar-refractivity contribution in [3.05, 3.63) is 28.2 Å². The third kappa shape index (κ3) is 5.12. The zero-order valence-corrected chi connectivity index (χ0v) is 15.0. The van der Waals surface area contributed by atoms with Crippen molar-refractivity contribution >= 4 is 34.2 Å². The number of hydrogen-bond acceptors (Lipinski definition) is 4. The molecule has 0 aromatic heterocycles. The molecular formula is C15H22BrClN2O3. The predicted octanol–water partition coefficient (Wildman–Crippen LogP) is 1.97. The normalized spacial score (nSPS) is 20.6. The topological polar surface area (TPSA) is 70.6 Å². The van der Waals surface area contributed by atoms with Gasteiger partial charge in [-0.1, -0.05) is 15.9 Å². The smallest absolute Gasteiger partial charge is 0.255 e. The monoisotopic (exact) mass is 392 g/mol. The summed E-state index contributed by atoms with van der Waals surface area (Å²) >= 11 is 3.38. The Morgan fingerprint density at radius 3 is 2.82 bits per heavy atom. The standard InChI is InChI=1S/C15H21BrN2O3.ClH/c1-9(2)21-14-5-11(16)3-4-12(14)15(20)18-7-10-6-17-8-13(10)19;/h3-5,9-10,13,17,19H,6-8H2,1-2H3,(H,18,20);1H. The van der Waals surface area contributed by atoms with Gasteiger partial charge in [-0.15, -0.1) is 12.4 Å². The predicted molar refractivity (Wildman–Crippen MR) is 91.9 cm³/mol. The quantitative estimate of drug-likeness (QED) is 0.715. The molecule has 22 heavy (non-hydrogen) atoms. The van der Waals surface area contributed by atoms with Gasteiger partial charge in [-0.25, -0.2) is 0 Å². The average Bonchev–Trinajstić information content (AvgIpc) is 2.81. The van der Waals surface area contributed by atoms with Crippen LogP contribution < -0.4 is 15.4 Å². The van der Waals surface area contributed by atoms with E-state index in [4.69, 9.17) is 4.74 Å². The van der Waals surface area contributed by atoms with Gasteiger partial charge < -0.3 is 20.5 Å². The third-order valence-electron chi connectivity index (χ3n) is 3.38. The molecule has 2 atom stereocenters. The van der Waals surface area contributed by atoms with E-state index in [-0.39, 0.29) is 30.3 Å². The van der Waals surface area contributed by atoms with Gasteiger partial charge in [0.15, 0.2) is 0 Å². The van der Waals surface area contributed by atoms with E-state index in [2.05, 4.69) is 26.6 Å². The number of aliphatic hydroxyl groups excluding tert-OH is 1. The van der Waals surface area contributed by atoms with Gasteiger partial charge in [0, 0.05) is 30.0 Å². The van der Waals surface area contributed by atoms with Gasteiger partial charge in [-0.05, 0) is 32.0 Å². The lowest BCUT2D eigenvalue weighted by Crippen LogP contribution is -2.34. The molecule has 1 heterocycles. The summed E-state index contributed by atoms with van der Waals surface area (Å²) in [4.78, 5) is 12.3. The zero-order valence-electron chi connectivity index (χ0n) is 12.6. The van der Waals surface area contributed by atoms with Crippen LogP contribution in [0.4, 0.5) is 0 Å². The zero-order chi connectivity index (χ0) is 15.4. The van der Waals surface area contributed by atoms with Crippen molar-refractivity contribution in [2.75, 3.05) is 19.6 Å². The summed E-state index contributed by atoms with van der Waals surface area (Å²) in [5.41, 5.74) is 0.507. The summed E-state index contributed by atoms with van der Waals surface area (Å²) in [5.74, 6) is 0.429. The summed E-state index contributed by atoms with van der Waals surface area (Å²) in [7, 11) is 0. The minimum Gasteiger partial charge on any atom is -0.490 e. The van der Waals surface area contributed by atoms with Crippen LogP contribution in [0.3, 0.4) is 0 Å². The lowest BCUT2D eigenvalue weighted by atomic mass is 10.1. The van der Waals surface area contributed by atoms with Gasteiger partial charge >= 0.3 is 0 Å². The molecular weight excluding hydrogens is 372 g/mol. The summed E-state index contributed by atoms with van der Waals surface area (Å²) in [6.45, 7) is 5.59. The number of aliphatic hydroxyl groups is 1. The largest absolute Gasteiger partial charge is 0.490 e. The van der Waals surface area contributed by atoms with E-state index in [0.29, 0.717) is 24.4 Å². The summed E-state index contributed by atoms with van der Waals surface area (Å²) in [6.07, 6.45) is -0.409. The number of amides is 1. The fraction of sp³-hybridized carbons (Fsp3) is 0.533. The van der Waals surface area contributed by atoms with Crippen LogP contribution in [0, 0.1) is 5.92 Å². The van der Waals surface area contributed by atoms with Crippen LogP contribution in [-0.4, -0.2) is 42.9 Å². The van der Waals surface area contributed by atoms with Crippen molar-refractivity contribution in [1.82, 2.24) is 10.6 Å². The van der Waals surface area contributed by atoms with E-state index >= 15 is 0 Å². The maximum Gasteiger partial charge on any atom is 0.255 e. The van der Waals surface area contributed by atoms with Gasteiger partial charge in [0.25, 0.3) is 5.91 Å². The van der Waals surface area contributed by atoms with Crippen LogP contribution in [0.15, 0.2) is 22.7 Å². The van der Waals surface area contributed by atoms with E-state index in [1.54, 1.807) is 12.1 Å². The van der Waals surface area contributed by atoms with Crippen LogP contribution >= 0.6 is 28.3 Å². The highest BCUT2D eigenvalue weighted by molar-refractivity contribution is 9.10. The first-order chi connectivity index (χ1) is 9.97. The molecule has 0 bridgehead atoms. The molecule has 3 N–H and O–H groups in total. The van der Waals surface area contributed by atoms with Crippen LogP contribution in [0.2, 0.25) is 0 Å². The SMILES string of the molecule is CC(C)Oc1cc(Br)ccc1C(=O)NCC1CNCC1O.Cl. The van der Waals surface area contributed by atoms with Gasteiger partial charge in [0.2, 0.25) is 0 Å². The van der Waals surface area contributed by atoms with E-state index in [1.807, 2.05) is 19.9 Å². The Hall–Kier alpha value is -0.820. The number of hydrogen-bond donors (Lipinski definition) is 3.